The maximum absolute atomic E-state index is 12.8. The molecule has 12 heavy (non-hydrogen) atoms. The third-order valence-corrected chi connectivity index (χ3v) is 1.62. The number of hydrogen-bond donors (Lipinski definition) is 2. The first-order chi connectivity index (χ1) is 5.59. The third-order valence-electron chi connectivity index (χ3n) is 1.13. The highest BCUT2D eigenvalue weighted by Gasteiger charge is 2.14. The smallest absolute Gasteiger partial charge is 0.510 e. The van der Waals surface area contributed by atoms with Crippen molar-refractivity contribution in [2.75, 3.05) is 0 Å². The Labute approximate surface area is 77.1 Å². The lowest BCUT2D eigenvalue weighted by molar-refractivity contribution is 0.281. The molecule has 0 bridgehead atoms. The minimum atomic E-state index is -2.01. The summed E-state index contributed by atoms with van der Waals surface area (Å²) in [7, 11) is -2.01. The molecule has 0 spiro atoms. The Morgan fingerprint density at radius 2 is 2.08 bits per heavy atom. The van der Waals surface area contributed by atoms with E-state index in [2.05, 4.69) is 20.6 Å². The highest BCUT2D eigenvalue weighted by molar-refractivity contribution is 9.10. The van der Waals surface area contributed by atoms with Gasteiger partial charge in [0.15, 0.2) is 5.82 Å². The van der Waals surface area contributed by atoms with Gasteiger partial charge in [-0.2, -0.15) is 0 Å². The molecule has 1 aromatic rings. The molecule has 0 saturated heterocycles. The molecule has 0 radical (unpaired) electrons. The van der Waals surface area contributed by atoms with E-state index in [-0.39, 0.29) is 5.75 Å². The zero-order valence-corrected chi connectivity index (χ0v) is 7.45. The van der Waals surface area contributed by atoms with Crippen LogP contribution < -0.4 is 4.65 Å². The van der Waals surface area contributed by atoms with Crippen molar-refractivity contribution in [3.63, 3.8) is 0 Å². The Kier molecular flexibility index (Phi) is 3.08. The summed E-state index contributed by atoms with van der Waals surface area (Å²) in [6.07, 6.45) is 0. The van der Waals surface area contributed by atoms with Crippen LogP contribution in [0.3, 0.4) is 0 Å². The standard InChI is InChI=1S/C6H5BBrFO3/c8-4-1-2-5(9)6(3-4)12-7(10)11/h1-3,10-11H. The first-order valence-corrected chi connectivity index (χ1v) is 3.87. The van der Waals surface area contributed by atoms with Crippen LogP contribution in [-0.4, -0.2) is 17.4 Å². The third kappa shape index (κ3) is 2.47. The van der Waals surface area contributed by atoms with E-state index in [9.17, 15) is 4.39 Å². The maximum atomic E-state index is 12.8. The molecule has 1 aromatic carbocycles. The number of rotatable bonds is 2. The summed E-state index contributed by atoms with van der Waals surface area (Å²) in [5.41, 5.74) is 0. The molecule has 1 rings (SSSR count). The van der Waals surface area contributed by atoms with Crippen molar-refractivity contribution in [2.24, 2.45) is 0 Å². The highest BCUT2D eigenvalue weighted by atomic mass is 79.9. The van der Waals surface area contributed by atoms with E-state index < -0.39 is 13.1 Å². The largest absolute Gasteiger partial charge is 0.707 e. The van der Waals surface area contributed by atoms with Crippen LogP contribution in [0.5, 0.6) is 5.75 Å². The first kappa shape index (κ1) is 9.50. The van der Waals surface area contributed by atoms with E-state index >= 15 is 0 Å². The lowest BCUT2D eigenvalue weighted by Gasteiger charge is -2.05. The molecule has 64 valence electrons. The number of benzene rings is 1. The van der Waals surface area contributed by atoms with Gasteiger partial charge in [0.2, 0.25) is 0 Å². The van der Waals surface area contributed by atoms with Gasteiger partial charge >= 0.3 is 7.32 Å². The Morgan fingerprint density at radius 3 is 2.67 bits per heavy atom. The molecule has 0 unspecified atom stereocenters. The van der Waals surface area contributed by atoms with Gasteiger partial charge in [-0.05, 0) is 18.2 Å². The summed E-state index contributed by atoms with van der Waals surface area (Å²) in [5, 5.41) is 16.7. The molecule has 0 aliphatic carbocycles. The Bertz CT molecular complexity index is 281. The van der Waals surface area contributed by atoms with E-state index in [0.29, 0.717) is 4.47 Å². The summed E-state index contributed by atoms with van der Waals surface area (Å²) < 4.78 is 17.7. The molecule has 0 aliphatic heterocycles. The van der Waals surface area contributed by atoms with Crippen LogP contribution in [0, 0.1) is 5.82 Å². The maximum Gasteiger partial charge on any atom is 0.707 e. The second kappa shape index (κ2) is 3.89. The van der Waals surface area contributed by atoms with Crippen molar-refractivity contribution in [3.8, 4) is 5.75 Å². The lowest BCUT2D eigenvalue weighted by atomic mass is 10.2. The molecule has 6 heteroatoms. The minimum absolute atomic E-state index is 0.209. The van der Waals surface area contributed by atoms with Gasteiger partial charge in [-0.1, -0.05) is 15.9 Å². The van der Waals surface area contributed by atoms with E-state index in [0.717, 1.165) is 6.07 Å². The van der Waals surface area contributed by atoms with Crippen molar-refractivity contribution in [2.45, 2.75) is 0 Å². The molecule has 0 atom stereocenters. The zero-order valence-electron chi connectivity index (χ0n) is 5.87. The predicted molar refractivity (Wildman–Crippen MR) is 44.9 cm³/mol. The topological polar surface area (TPSA) is 49.7 Å². The van der Waals surface area contributed by atoms with Crippen molar-refractivity contribution in [1.29, 1.82) is 0 Å². The second-order valence-corrected chi connectivity index (χ2v) is 2.93. The second-order valence-electron chi connectivity index (χ2n) is 2.02. The van der Waals surface area contributed by atoms with Gasteiger partial charge in [-0.25, -0.2) is 4.39 Å². The van der Waals surface area contributed by atoms with Crippen LogP contribution in [0.2, 0.25) is 0 Å². The average molecular weight is 235 g/mol. The van der Waals surface area contributed by atoms with Gasteiger partial charge < -0.3 is 14.7 Å². The fourth-order valence-corrected chi connectivity index (χ4v) is 1.02. The van der Waals surface area contributed by atoms with E-state index in [1.54, 1.807) is 0 Å². The van der Waals surface area contributed by atoms with Crippen LogP contribution in [0.25, 0.3) is 0 Å². The van der Waals surface area contributed by atoms with Gasteiger partial charge in [0.05, 0.1) is 0 Å². The first-order valence-electron chi connectivity index (χ1n) is 3.07. The summed E-state index contributed by atoms with van der Waals surface area (Å²) >= 11 is 3.08. The van der Waals surface area contributed by atoms with Gasteiger partial charge in [-0.15, -0.1) is 0 Å². The van der Waals surface area contributed by atoms with Crippen molar-refractivity contribution < 1.29 is 19.1 Å². The molecule has 0 aliphatic rings. The quantitative estimate of drug-likeness (QED) is 0.749. The van der Waals surface area contributed by atoms with E-state index in [1.165, 1.54) is 12.1 Å². The van der Waals surface area contributed by atoms with Gasteiger partial charge in [0, 0.05) is 4.47 Å². The Hall–Kier alpha value is -0.585. The molecule has 3 nitrogen and oxygen atoms in total. The Balaban J connectivity index is 2.90. The summed E-state index contributed by atoms with van der Waals surface area (Å²) in [6.45, 7) is 0. The van der Waals surface area contributed by atoms with Crippen molar-refractivity contribution >= 4 is 23.3 Å². The molecule has 0 saturated carbocycles. The molecule has 0 aromatic heterocycles. The van der Waals surface area contributed by atoms with Gasteiger partial charge in [-0.3, -0.25) is 0 Å². The Morgan fingerprint density at radius 1 is 1.42 bits per heavy atom. The average Bonchev–Trinajstić information content (AvgIpc) is 1.96. The van der Waals surface area contributed by atoms with Crippen LogP contribution in [0.4, 0.5) is 4.39 Å². The summed E-state index contributed by atoms with van der Waals surface area (Å²) in [6, 6.07) is 3.93. The van der Waals surface area contributed by atoms with Gasteiger partial charge in [0.1, 0.15) is 5.75 Å². The number of hydrogen-bond acceptors (Lipinski definition) is 3. The summed E-state index contributed by atoms with van der Waals surface area (Å²) in [4.78, 5) is 0. The summed E-state index contributed by atoms with van der Waals surface area (Å²) in [5.74, 6) is -0.856. The van der Waals surface area contributed by atoms with Crippen molar-refractivity contribution in [1.82, 2.24) is 0 Å². The molecular formula is C6H5BBrFO3. The fourth-order valence-electron chi connectivity index (χ4n) is 0.681. The highest BCUT2D eigenvalue weighted by Crippen LogP contribution is 2.22. The fraction of sp³-hybridized carbons (Fsp3) is 0. The van der Waals surface area contributed by atoms with E-state index in [1.807, 2.05) is 0 Å². The molecule has 0 fully saturated rings. The monoisotopic (exact) mass is 234 g/mol. The van der Waals surface area contributed by atoms with Crippen LogP contribution in [0.15, 0.2) is 22.7 Å². The molecule has 0 amide bonds. The van der Waals surface area contributed by atoms with E-state index in [4.69, 9.17) is 10.0 Å². The van der Waals surface area contributed by atoms with Crippen LogP contribution >= 0.6 is 15.9 Å². The lowest BCUT2D eigenvalue weighted by Crippen LogP contribution is -2.21. The normalized spacial score (nSPS) is 9.67. The van der Waals surface area contributed by atoms with Crippen LogP contribution in [-0.2, 0) is 0 Å². The zero-order chi connectivity index (χ0) is 9.14. The molecular weight excluding hydrogens is 230 g/mol. The molecule has 2 N–H and O–H groups in total. The minimum Gasteiger partial charge on any atom is -0.510 e. The van der Waals surface area contributed by atoms with Crippen molar-refractivity contribution in [3.05, 3.63) is 28.5 Å². The number of halogens is 2. The van der Waals surface area contributed by atoms with Gasteiger partial charge in [0.25, 0.3) is 0 Å². The molecule has 0 heterocycles. The predicted octanol–water partition coefficient (Wildman–Crippen LogP) is 0.936. The van der Waals surface area contributed by atoms with Crippen LogP contribution in [0.1, 0.15) is 0 Å². The SMILES string of the molecule is OB(O)Oc1cc(Br)ccc1F.